The van der Waals surface area contributed by atoms with E-state index in [-0.39, 0.29) is 5.38 Å². The van der Waals surface area contributed by atoms with Crippen molar-refractivity contribution in [3.8, 4) is 5.69 Å². The number of nitrogens with zero attached hydrogens (tertiary/aromatic N) is 3. The predicted octanol–water partition coefficient (Wildman–Crippen LogP) is 4.82. The van der Waals surface area contributed by atoms with Gasteiger partial charge in [-0.3, -0.25) is 4.57 Å². The third-order valence-electron chi connectivity index (χ3n) is 3.13. The number of fused-ring (bicyclic) bond motifs is 1. The first-order chi connectivity index (χ1) is 9.95. The number of aromatic nitrogens is 3. The molecule has 0 aliphatic carbocycles. The molecule has 0 amide bonds. The molecule has 3 aromatic rings. The minimum absolute atomic E-state index is 0.313. The number of alkyl halides is 1. The number of aryl methyl sites for hydroxylation is 1. The number of benzene rings is 1. The van der Waals surface area contributed by atoms with Gasteiger partial charge in [0.1, 0.15) is 17.2 Å². The van der Waals surface area contributed by atoms with Crippen LogP contribution in [-0.4, -0.2) is 14.5 Å². The lowest BCUT2D eigenvalue weighted by Crippen LogP contribution is -2.03. The SMILES string of the molecule is Cc1ccc2nc(C(C)Cl)n(-c3cc(F)cc(Cl)c3)c2n1. The number of hydrogen-bond acceptors (Lipinski definition) is 2. The fourth-order valence-electron chi connectivity index (χ4n) is 2.26. The van der Waals surface area contributed by atoms with Crippen molar-refractivity contribution in [1.29, 1.82) is 0 Å². The van der Waals surface area contributed by atoms with Gasteiger partial charge in [-0.1, -0.05) is 11.6 Å². The Labute approximate surface area is 131 Å². The van der Waals surface area contributed by atoms with Gasteiger partial charge in [-0.25, -0.2) is 14.4 Å². The second kappa shape index (κ2) is 5.28. The van der Waals surface area contributed by atoms with Crippen molar-refractivity contribution in [2.45, 2.75) is 19.2 Å². The molecule has 0 saturated carbocycles. The zero-order valence-corrected chi connectivity index (χ0v) is 13.0. The van der Waals surface area contributed by atoms with Crippen molar-refractivity contribution in [3.63, 3.8) is 0 Å². The Morgan fingerprint density at radius 3 is 2.62 bits per heavy atom. The second-order valence-electron chi connectivity index (χ2n) is 4.84. The summed E-state index contributed by atoms with van der Waals surface area (Å²) in [5, 5.41) is -0.0331. The molecule has 1 unspecified atom stereocenters. The molecule has 3 nitrogen and oxygen atoms in total. The van der Waals surface area contributed by atoms with Crippen LogP contribution in [0.3, 0.4) is 0 Å². The molecule has 0 aliphatic rings. The van der Waals surface area contributed by atoms with Gasteiger partial charge < -0.3 is 0 Å². The van der Waals surface area contributed by atoms with Crippen molar-refractivity contribution in [3.05, 3.63) is 52.7 Å². The van der Waals surface area contributed by atoms with Crippen LogP contribution in [0.4, 0.5) is 4.39 Å². The summed E-state index contributed by atoms with van der Waals surface area (Å²) in [7, 11) is 0. The maximum atomic E-state index is 13.7. The molecule has 3 rings (SSSR count). The first-order valence-electron chi connectivity index (χ1n) is 6.42. The number of rotatable bonds is 2. The monoisotopic (exact) mass is 323 g/mol. The maximum absolute atomic E-state index is 13.7. The fourth-order valence-corrected chi connectivity index (χ4v) is 2.62. The van der Waals surface area contributed by atoms with Crippen LogP contribution in [0, 0.1) is 12.7 Å². The van der Waals surface area contributed by atoms with E-state index in [2.05, 4.69) is 9.97 Å². The standard InChI is InChI=1S/C15H12Cl2FN3/c1-8-3-4-13-15(19-8)21(14(20-13)9(2)16)12-6-10(17)5-11(18)7-12/h3-7,9H,1-2H3. The maximum Gasteiger partial charge on any atom is 0.164 e. The van der Waals surface area contributed by atoms with Crippen molar-refractivity contribution in [1.82, 2.24) is 14.5 Å². The Bertz CT molecular complexity index is 807. The summed E-state index contributed by atoms with van der Waals surface area (Å²) in [6, 6.07) is 8.06. The molecule has 21 heavy (non-hydrogen) atoms. The zero-order chi connectivity index (χ0) is 15.1. The summed E-state index contributed by atoms with van der Waals surface area (Å²) in [5.41, 5.74) is 2.76. The van der Waals surface area contributed by atoms with Crippen LogP contribution in [0.25, 0.3) is 16.9 Å². The lowest BCUT2D eigenvalue weighted by molar-refractivity contribution is 0.626. The third-order valence-corrected chi connectivity index (χ3v) is 3.54. The van der Waals surface area contributed by atoms with E-state index in [0.717, 1.165) is 5.69 Å². The smallest absolute Gasteiger partial charge is 0.164 e. The van der Waals surface area contributed by atoms with Crippen LogP contribution in [0.2, 0.25) is 5.02 Å². The molecule has 1 aromatic carbocycles. The van der Waals surface area contributed by atoms with Gasteiger partial charge >= 0.3 is 0 Å². The first-order valence-corrected chi connectivity index (χ1v) is 7.23. The number of hydrogen-bond donors (Lipinski definition) is 0. The van der Waals surface area contributed by atoms with E-state index in [0.29, 0.717) is 27.7 Å². The highest BCUT2D eigenvalue weighted by molar-refractivity contribution is 6.30. The molecule has 0 radical (unpaired) electrons. The van der Waals surface area contributed by atoms with Crippen LogP contribution in [0.5, 0.6) is 0 Å². The van der Waals surface area contributed by atoms with Crippen molar-refractivity contribution >= 4 is 34.4 Å². The minimum Gasteiger partial charge on any atom is -0.279 e. The normalized spacial score (nSPS) is 12.8. The average Bonchev–Trinajstić information content (AvgIpc) is 2.76. The molecule has 0 fully saturated rings. The summed E-state index contributed by atoms with van der Waals surface area (Å²) >= 11 is 12.2. The van der Waals surface area contributed by atoms with Gasteiger partial charge in [0.05, 0.1) is 11.1 Å². The molecule has 0 spiro atoms. The molecule has 0 bridgehead atoms. The summed E-state index contributed by atoms with van der Waals surface area (Å²) in [5.74, 6) is 0.187. The van der Waals surface area contributed by atoms with Crippen molar-refractivity contribution in [2.24, 2.45) is 0 Å². The first kappa shape index (κ1) is 14.3. The highest BCUT2D eigenvalue weighted by atomic mass is 35.5. The van der Waals surface area contributed by atoms with E-state index in [1.807, 2.05) is 26.0 Å². The van der Waals surface area contributed by atoms with Gasteiger partial charge in [0.25, 0.3) is 0 Å². The Hall–Kier alpha value is -1.65. The fraction of sp³-hybridized carbons (Fsp3) is 0.200. The largest absolute Gasteiger partial charge is 0.279 e. The highest BCUT2D eigenvalue weighted by Gasteiger charge is 2.18. The molecule has 0 N–H and O–H groups in total. The molecule has 108 valence electrons. The molecular weight excluding hydrogens is 312 g/mol. The van der Waals surface area contributed by atoms with Crippen LogP contribution in [0.1, 0.15) is 23.8 Å². The van der Waals surface area contributed by atoms with E-state index >= 15 is 0 Å². The molecule has 6 heteroatoms. The van der Waals surface area contributed by atoms with E-state index < -0.39 is 5.82 Å². The van der Waals surface area contributed by atoms with Crippen LogP contribution < -0.4 is 0 Å². The minimum atomic E-state index is -0.417. The van der Waals surface area contributed by atoms with Gasteiger partial charge in [0, 0.05) is 10.7 Å². The lowest BCUT2D eigenvalue weighted by Gasteiger charge is -2.10. The summed E-state index contributed by atoms with van der Waals surface area (Å²) in [6.45, 7) is 3.70. The van der Waals surface area contributed by atoms with Gasteiger partial charge in [0.15, 0.2) is 5.65 Å². The summed E-state index contributed by atoms with van der Waals surface area (Å²) < 4.78 is 15.4. The van der Waals surface area contributed by atoms with Gasteiger partial charge in [-0.05, 0) is 44.2 Å². The topological polar surface area (TPSA) is 30.7 Å². The predicted molar refractivity (Wildman–Crippen MR) is 82.8 cm³/mol. The number of pyridine rings is 1. The quantitative estimate of drug-likeness (QED) is 0.633. The third kappa shape index (κ3) is 2.61. The molecule has 1 atom stereocenters. The second-order valence-corrected chi connectivity index (χ2v) is 5.94. The number of imidazole rings is 1. The van der Waals surface area contributed by atoms with Crippen LogP contribution in [0.15, 0.2) is 30.3 Å². The zero-order valence-electron chi connectivity index (χ0n) is 11.4. The van der Waals surface area contributed by atoms with Gasteiger partial charge in [-0.2, -0.15) is 0 Å². The van der Waals surface area contributed by atoms with Gasteiger partial charge in [0.2, 0.25) is 0 Å². The summed E-state index contributed by atoms with van der Waals surface area (Å²) in [6.07, 6.45) is 0. The van der Waals surface area contributed by atoms with E-state index in [9.17, 15) is 4.39 Å². The molecule has 0 saturated heterocycles. The number of halogens is 3. The Morgan fingerprint density at radius 1 is 1.19 bits per heavy atom. The van der Waals surface area contributed by atoms with Crippen molar-refractivity contribution < 1.29 is 4.39 Å². The van der Waals surface area contributed by atoms with E-state index in [1.165, 1.54) is 12.1 Å². The average molecular weight is 324 g/mol. The van der Waals surface area contributed by atoms with E-state index in [1.54, 1.807) is 10.6 Å². The van der Waals surface area contributed by atoms with E-state index in [4.69, 9.17) is 23.2 Å². The summed E-state index contributed by atoms with van der Waals surface area (Å²) in [4.78, 5) is 8.98. The Morgan fingerprint density at radius 2 is 1.95 bits per heavy atom. The molecular formula is C15H12Cl2FN3. The van der Waals surface area contributed by atoms with Gasteiger partial charge in [-0.15, -0.1) is 11.6 Å². The molecule has 2 heterocycles. The molecule has 0 aliphatic heterocycles. The van der Waals surface area contributed by atoms with Crippen LogP contribution >= 0.6 is 23.2 Å². The highest BCUT2D eigenvalue weighted by Crippen LogP contribution is 2.29. The lowest BCUT2D eigenvalue weighted by atomic mass is 10.3. The Kier molecular flexibility index (Phi) is 3.59. The Balaban J connectivity index is 2.38. The van der Waals surface area contributed by atoms with Crippen molar-refractivity contribution in [2.75, 3.05) is 0 Å². The van der Waals surface area contributed by atoms with Crippen LogP contribution in [-0.2, 0) is 0 Å². The molecule has 2 aromatic heterocycles.